The van der Waals surface area contributed by atoms with E-state index in [1.807, 2.05) is 75.0 Å². The first-order valence-corrected chi connectivity index (χ1v) is 10.4. The Labute approximate surface area is 183 Å². The van der Waals surface area contributed by atoms with E-state index in [0.29, 0.717) is 17.9 Å². The highest BCUT2D eigenvalue weighted by atomic mass is 35.5. The van der Waals surface area contributed by atoms with Crippen molar-refractivity contribution < 1.29 is 9.59 Å². The zero-order valence-electron chi connectivity index (χ0n) is 18.2. The number of likely N-dealkylation sites (N-methyl/N-ethyl adjacent to an activating group) is 1. The zero-order chi connectivity index (χ0) is 22.1. The van der Waals surface area contributed by atoms with Crippen LogP contribution in [-0.2, 0) is 16.6 Å². The first kappa shape index (κ1) is 22.1. The fourth-order valence-electron chi connectivity index (χ4n) is 3.55. The van der Waals surface area contributed by atoms with Gasteiger partial charge in [0.05, 0.1) is 17.4 Å². The molecule has 2 heterocycles. The summed E-state index contributed by atoms with van der Waals surface area (Å²) in [6, 6.07) is 11.2. The number of aromatic nitrogens is 1. The first-order valence-electron chi connectivity index (χ1n) is 10.1. The van der Waals surface area contributed by atoms with Crippen molar-refractivity contribution >= 4 is 29.1 Å². The molecular formula is C23H29ClN4O2. The molecular weight excluding hydrogens is 400 g/mol. The first-order chi connectivity index (χ1) is 14.0. The van der Waals surface area contributed by atoms with Crippen LogP contribution in [0, 0.1) is 5.41 Å². The Hall–Kier alpha value is -2.60. The molecule has 0 spiro atoms. The van der Waals surface area contributed by atoms with E-state index < -0.39 is 0 Å². The number of hydrogen-bond donors (Lipinski definition) is 0. The van der Waals surface area contributed by atoms with Crippen LogP contribution < -0.4 is 0 Å². The molecule has 30 heavy (non-hydrogen) atoms. The van der Waals surface area contributed by atoms with Gasteiger partial charge in [-0.25, -0.2) is 5.01 Å². The molecule has 160 valence electrons. The smallest absolute Gasteiger partial charge is 0.262 e. The fraction of sp³-hybridized carbons (Fsp3) is 0.435. The van der Waals surface area contributed by atoms with Gasteiger partial charge in [-0.2, -0.15) is 5.10 Å². The minimum atomic E-state index is -0.231. The molecule has 6 nitrogen and oxygen atoms in total. The summed E-state index contributed by atoms with van der Waals surface area (Å²) in [6.45, 7) is 6.01. The quantitative estimate of drug-likeness (QED) is 0.714. The summed E-state index contributed by atoms with van der Waals surface area (Å²) in [5.74, 6) is -0.256. The third kappa shape index (κ3) is 5.11. The van der Waals surface area contributed by atoms with E-state index in [4.69, 9.17) is 11.6 Å². The number of hydrazone groups is 1. The Bertz CT molecular complexity index is 956. The molecule has 0 N–H and O–H groups in total. The summed E-state index contributed by atoms with van der Waals surface area (Å²) in [6.07, 6.45) is 2.94. The summed E-state index contributed by atoms with van der Waals surface area (Å²) < 4.78 is 1.99. The van der Waals surface area contributed by atoms with Crippen molar-refractivity contribution in [1.82, 2.24) is 14.5 Å². The minimum Gasteiger partial charge on any atom is -0.350 e. The van der Waals surface area contributed by atoms with Gasteiger partial charge < -0.3 is 9.47 Å². The molecule has 1 aliphatic heterocycles. The van der Waals surface area contributed by atoms with Gasteiger partial charge in [0.2, 0.25) is 5.91 Å². The monoisotopic (exact) mass is 428 g/mol. The van der Waals surface area contributed by atoms with E-state index in [2.05, 4.69) is 5.10 Å². The third-order valence-corrected chi connectivity index (χ3v) is 5.39. The van der Waals surface area contributed by atoms with Crippen molar-refractivity contribution in [1.29, 1.82) is 0 Å². The van der Waals surface area contributed by atoms with Crippen LogP contribution in [0.4, 0.5) is 0 Å². The molecule has 7 heteroatoms. The Morgan fingerprint density at radius 3 is 2.43 bits per heavy atom. The Morgan fingerprint density at radius 1 is 1.20 bits per heavy atom. The Kier molecular flexibility index (Phi) is 6.36. The van der Waals surface area contributed by atoms with Gasteiger partial charge in [0, 0.05) is 38.2 Å². The van der Waals surface area contributed by atoms with E-state index in [0.717, 1.165) is 17.0 Å². The van der Waals surface area contributed by atoms with Crippen LogP contribution in [0.5, 0.6) is 0 Å². The number of benzene rings is 1. The molecule has 1 aromatic heterocycles. The lowest BCUT2D eigenvalue weighted by Crippen LogP contribution is -2.40. The summed E-state index contributed by atoms with van der Waals surface area (Å²) in [4.78, 5) is 27.2. The highest BCUT2D eigenvalue weighted by molar-refractivity contribution is 6.30. The van der Waals surface area contributed by atoms with Gasteiger partial charge in [0.25, 0.3) is 5.91 Å². The second-order valence-corrected chi connectivity index (χ2v) is 9.48. The molecule has 1 atom stereocenters. The number of amides is 2. The largest absolute Gasteiger partial charge is 0.350 e. The lowest BCUT2D eigenvalue weighted by molar-refractivity contribution is -0.141. The van der Waals surface area contributed by atoms with Gasteiger partial charge in [0.15, 0.2) is 0 Å². The number of hydrogen-bond acceptors (Lipinski definition) is 3. The van der Waals surface area contributed by atoms with Crippen molar-refractivity contribution in [3.8, 4) is 0 Å². The predicted octanol–water partition coefficient (Wildman–Crippen LogP) is 4.25. The number of carbonyl (C=O) groups excluding carboxylic acids is 2. The van der Waals surface area contributed by atoms with Crippen molar-refractivity contribution in [2.45, 2.75) is 39.7 Å². The maximum Gasteiger partial charge on any atom is 0.262 e. The maximum atomic E-state index is 13.2. The second kappa shape index (κ2) is 8.64. The van der Waals surface area contributed by atoms with Crippen molar-refractivity contribution in [3.63, 3.8) is 0 Å². The molecule has 0 unspecified atom stereocenters. The van der Waals surface area contributed by atoms with E-state index in [9.17, 15) is 9.59 Å². The van der Waals surface area contributed by atoms with Crippen LogP contribution in [0.15, 0.2) is 47.7 Å². The number of carbonyl (C=O) groups is 2. The molecule has 1 aliphatic rings. The van der Waals surface area contributed by atoms with Crippen molar-refractivity contribution in [2.75, 3.05) is 13.6 Å². The van der Waals surface area contributed by atoms with E-state index in [-0.39, 0.29) is 29.8 Å². The normalized spacial score (nSPS) is 16.5. The Morgan fingerprint density at radius 2 is 1.87 bits per heavy atom. The average Bonchev–Trinajstić information content (AvgIpc) is 3.27. The van der Waals surface area contributed by atoms with E-state index >= 15 is 0 Å². The van der Waals surface area contributed by atoms with Gasteiger partial charge in [-0.15, -0.1) is 0 Å². The topological polar surface area (TPSA) is 57.9 Å². The van der Waals surface area contributed by atoms with Gasteiger partial charge >= 0.3 is 0 Å². The molecule has 1 aromatic carbocycles. The van der Waals surface area contributed by atoms with Crippen LogP contribution in [0.3, 0.4) is 0 Å². The standard InChI is InChI=1S/C23H29ClN4O2/c1-23(2,3)14-21(29)27(5)15-22(30)28-20(16-8-10-17(24)11-9-16)13-18(25-28)19-7-6-12-26(19)4/h6-12,20H,13-15H2,1-5H3/t20-/m0/s1. The van der Waals surface area contributed by atoms with Crippen LogP contribution in [0.1, 0.15) is 50.9 Å². The second-order valence-electron chi connectivity index (χ2n) is 9.05. The minimum absolute atomic E-state index is 0.0110. The highest BCUT2D eigenvalue weighted by Gasteiger charge is 2.34. The van der Waals surface area contributed by atoms with Crippen LogP contribution in [0.2, 0.25) is 5.02 Å². The number of rotatable bonds is 5. The summed E-state index contributed by atoms with van der Waals surface area (Å²) in [5, 5.41) is 6.83. The van der Waals surface area contributed by atoms with Gasteiger partial charge in [-0.3, -0.25) is 9.59 Å². The fourth-order valence-corrected chi connectivity index (χ4v) is 3.68. The van der Waals surface area contributed by atoms with Gasteiger partial charge in [-0.05, 0) is 35.2 Å². The summed E-state index contributed by atoms with van der Waals surface area (Å²) >= 11 is 6.05. The lowest BCUT2D eigenvalue weighted by Gasteiger charge is -2.26. The molecule has 0 saturated carbocycles. The average molecular weight is 429 g/mol. The molecule has 0 saturated heterocycles. The molecule has 0 radical (unpaired) electrons. The summed E-state index contributed by atoms with van der Waals surface area (Å²) in [7, 11) is 3.62. The van der Waals surface area contributed by atoms with Crippen molar-refractivity contribution in [3.05, 3.63) is 58.9 Å². The molecule has 3 rings (SSSR count). The van der Waals surface area contributed by atoms with E-state index in [1.165, 1.54) is 9.91 Å². The highest BCUT2D eigenvalue weighted by Crippen LogP contribution is 2.33. The SMILES string of the molecule is CN(CC(=O)N1N=C(c2cccn2C)C[C@H]1c1ccc(Cl)cc1)C(=O)CC(C)(C)C. The third-order valence-electron chi connectivity index (χ3n) is 5.14. The van der Waals surface area contributed by atoms with E-state index in [1.54, 1.807) is 7.05 Å². The van der Waals surface area contributed by atoms with Gasteiger partial charge in [0.1, 0.15) is 6.54 Å². The van der Waals surface area contributed by atoms with Crippen LogP contribution in [-0.4, -0.2) is 45.6 Å². The number of halogens is 1. The predicted molar refractivity (Wildman–Crippen MR) is 119 cm³/mol. The molecule has 0 fully saturated rings. The zero-order valence-corrected chi connectivity index (χ0v) is 19.0. The van der Waals surface area contributed by atoms with Crippen LogP contribution >= 0.6 is 11.6 Å². The molecule has 0 bridgehead atoms. The molecule has 2 amide bonds. The maximum absolute atomic E-state index is 13.2. The summed E-state index contributed by atoms with van der Waals surface area (Å²) in [5.41, 5.74) is 2.65. The Balaban J connectivity index is 1.84. The number of aryl methyl sites for hydroxylation is 1. The van der Waals surface area contributed by atoms with Crippen LogP contribution in [0.25, 0.3) is 0 Å². The van der Waals surface area contributed by atoms with Gasteiger partial charge in [-0.1, -0.05) is 44.5 Å². The molecule has 2 aromatic rings. The molecule has 0 aliphatic carbocycles. The number of nitrogens with zero attached hydrogens (tertiary/aromatic N) is 4. The lowest BCUT2D eigenvalue weighted by atomic mass is 9.92. The van der Waals surface area contributed by atoms with Crippen molar-refractivity contribution in [2.24, 2.45) is 17.6 Å².